The van der Waals surface area contributed by atoms with Crippen LogP contribution in [0, 0.1) is 0 Å². The second kappa shape index (κ2) is 5.41. The summed E-state index contributed by atoms with van der Waals surface area (Å²) in [5, 5.41) is 20.1. The number of phenolic OH excluding ortho intramolecular Hbond substituents is 1. The molecule has 1 unspecified atom stereocenters. The molecule has 2 N–H and O–H groups in total. The van der Waals surface area contributed by atoms with Crippen LogP contribution in [0.3, 0.4) is 0 Å². The highest BCUT2D eigenvalue weighted by Crippen LogP contribution is 2.38. The number of phenols is 1. The molecule has 21 heavy (non-hydrogen) atoms. The monoisotopic (exact) mass is 302 g/mol. The first-order chi connectivity index (χ1) is 10.1. The van der Waals surface area contributed by atoms with Gasteiger partial charge in [-0.25, -0.2) is 0 Å². The number of aromatic hydroxyl groups is 1. The second-order valence-corrected chi connectivity index (χ2v) is 5.78. The lowest BCUT2D eigenvalue weighted by atomic mass is 9.96. The smallest absolute Gasteiger partial charge is 0.310 e. The zero-order valence-corrected chi connectivity index (χ0v) is 12.1. The third-order valence-electron chi connectivity index (χ3n) is 4.06. The Labute approximate surface area is 127 Å². The summed E-state index contributed by atoms with van der Waals surface area (Å²) in [4.78, 5) is 11.2. The van der Waals surface area contributed by atoms with Gasteiger partial charge in [0.2, 0.25) is 0 Å². The van der Waals surface area contributed by atoms with Crippen LogP contribution in [0.1, 0.15) is 34.6 Å². The SMILES string of the molecule is O=C(O)C1CCc2cc(Cc3ccccc3Cl)c(O)cc21. The van der Waals surface area contributed by atoms with Crippen molar-refractivity contribution >= 4 is 17.6 Å². The average Bonchev–Trinajstić information content (AvgIpc) is 2.84. The standard InChI is InChI=1S/C17H15ClO3/c18-15-4-2-1-3-11(15)8-12-7-10-5-6-13(17(20)21)14(10)9-16(12)19/h1-4,7,9,13,19H,5-6,8H2,(H,20,21). The number of hydrogen-bond donors (Lipinski definition) is 2. The summed E-state index contributed by atoms with van der Waals surface area (Å²) in [6.45, 7) is 0. The molecule has 2 aromatic rings. The Kier molecular flexibility index (Phi) is 3.60. The Hall–Kier alpha value is -2.00. The first-order valence-corrected chi connectivity index (χ1v) is 7.25. The van der Waals surface area contributed by atoms with Crippen LogP contribution < -0.4 is 0 Å². The van der Waals surface area contributed by atoms with Gasteiger partial charge in [0.1, 0.15) is 5.75 Å². The summed E-state index contributed by atoms with van der Waals surface area (Å²) >= 11 is 6.15. The summed E-state index contributed by atoms with van der Waals surface area (Å²) in [6, 6.07) is 11.0. The molecule has 3 rings (SSSR count). The number of carboxylic acid groups (broad SMARTS) is 1. The van der Waals surface area contributed by atoms with E-state index in [4.69, 9.17) is 11.6 Å². The van der Waals surface area contributed by atoms with Crippen molar-refractivity contribution in [1.82, 2.24) is 0 Å². The number of fused-ring (bicyclic) bond motifs is 1. The number of carboxylic acids is 1. The zero-order chi connectivity index (χ0) is 15.0. The molecule has 4 heteroatoms. The molecule has 0 heterocycles. The third kappa shape index (κ3) is 2.61. The minimum absolute atomic E-state index is 0.141. The van der Waals surface area contributed by atoms with Gasteiger partial charge in [0.25, 0.3) is 0 Å². The molecule has 1 aliphatic rings. The average molecular weight is 303 g/mol. The van der Waals surface area contributed by atoms with Crippen molar-refractivity contribution in [3.05, 3.63) is 63.7 Å². The van der Waals surface area contributed by atoms with Gasteiger partial charge in [-0.15, -0.1) is 0 Å². The molecule has 0 aliphatic heterocycles. The van der Waals surface area contributed by atoms with Crippen molar-refractivity contribution in [2.45, 2.75) is 25.2 Å². The Morgan fingerprint density at radius 3 is 2.71 bits per heavy atom. The van der Waals surface area contributed by atoms with E-state index in [0.717, 1.165) is 28.7 Å². The van der Waals surface area contributed by atoms with Crippen molar-refractivity contribution < 1.29 is 15.0 Å². The van der Waals surface area contributed by atoms with Gasteiger partial charge in [0, 0.05) is 11.4 Å². The Balaban J connectivity index is 1.96. The largest absolute Gasteiger partial charge is 0.508 e. The normalized spacial score (nSPS) is 16.7. The Morgan fingerprint density at radius 1 is 1.24 bits per heavy atom. The lowest BCUT2D eigenvalue weighted by molar-refractivity contribution is -0.138. The van der Waals surface area contributed by atoms with Gasteiger partial charge in [0.15, 0.2) is 0 Å². The van der Waals surface area contributed by atoms with Crippen LogP contribution in [-0.4, -0.2) is 16.2 Å². The van der Waals surface area contributed by atoms with Gasteiger partial charge in [-0.2, -0.15) is 0 Å². The molecule has 0 radical (unpaired) electrons. The van der Waals surface area contributed by atoms with E-state index >= 15 is 0 Å². The van der Waals surface area contributed by atoms with E-state index in [2.05, 4.69) is 0 Å². The highest BCUT2D eigenvalue weighted by molar-refractivity contribution is 6.31. The van der Waals surface area contributed by atoms with Crippen molar-refractivity contribution in [3.63, 3.8) is 0 Å². The van der Waals surface area contributed by atoms with Crippen LogP contribution >= 0.6 is 11.6 Å². The molecule has 3 nitrogen and oxygen atoms in total. The van der Waals surface area contributed by atoms with Gasteiger partial charge in [-0.05, 0) is 47.2 Å². The van der Waals surface area contributed by atoms with E-state index in [1.165, 1.54) is 0 Å². The predicted molar refractivity (Wildman–Crippen MR) is 81.1 cm³/mol. The van der Waals surface area contributed by atoms with Gasteiger partial charge < -0.3 is 10.2 Å². The number of benzene rings is 2. The summed E-state index contributed by atoms with van der Waals surface area (Å²) in [5.74, 6) is -1.19. The highest BCUT2D eigenvalue weighted by atomic mass is 35.5. The summed E-state index contributed by atoms with van der Waals surface area (Å²) in [7, 11) is 0. The molecule has 0 bridgehead atoms. The molecular weight excluding hydrogens is 288 g/mol. The highest BCUT2D eigenvalue weighted by Gasteiger charge is 2.29. The van der Waals surface area contributed by atoms with E-state index in [0.29, 0.717) is 17.9 Å². The molecule has 1 aliphatic carbocycles. The van der Waals surface area contributed by atoms with Crippen molar-refractivity contribution in [1.29, 1.82) is 0 Å². The van der Waals surface area contributed by atoms with Crippen molar-refractivity contribution in [2.24, 2.45) is 0 Å². The molecule has 108 valence electrons. The fourth-order valence-electron chi connectivity index (χ4n) is 2.94. The maximum atomic E-state index is 11.2. The topological polar surface area (TPSA) is 57.5 Å². The second-order valence-electron chi connectivity index (χ2n) is 5.38. The van der Waals surface area contributed by atoms with Gasteiger partial charge in [0.05, 0.1) is 5.92 Å². The third-order valence-corrected chi connectivity index (χ3v) is 4.42. The molecule has 0 fully saturated rings. The number of aryl methyl sites for hydroxylation is 1. The van der Waals surface area contributed by atoms with Crippen molar-refractivity contribution in [2.75, 3.05) is 0 Å². The first kappa shape index (κ1) is 14.0. The number of rotatable bonds is 3. The van der Waals surface area contributed by atoms with Crippen LogP contribution in [0.2, 0.25) is 5.02 Å². The lowest BCUT2D eigenvalue weighted by Gasteiger charge is -2.11. The molecule has 0 amide bonds. The minimum Gasteiger partial charge on any atom is -0.508 e. The number of carbonyl (C=O) groups is 1. The van der Waals surface area contributed by atoms with Gasteiger partial charge >= 0.3 is 5.97 Å². The first-order valence-electron chi connectivity index (χ1n) is 6.87. The Morgan fingerprint density at radius 2 is 2.00 bits per heavy atom. The fourth-order valence-corrected chi connectivity index (χ4v) is 3.14. The molecule has 2 aromatic carbocycles. The summed E-state index contributed by atoms with van der Waals surface area (Å²) in [6.07, 6.45) is 1.87. The summed E-state index contributed by atoms with van der Waals surface area (Å²) < 4.78 is 0. The zero-order valence-electron chi connectivity index (χ0n) is 11.3. The maximum absolute atomic E-state index is 11.2. The molecular formula is C17H15ClO3. The van der Waals surface area contributed by atoms with Crippen LogP contribution in [0.25, 0.3) is 0 Å². The molecule has 0 spiro atoms. The maximum Gasteiger partial charge on any atom is 0.310 e. The number of halogens is 1. The van der Waals surface area contributed by atoms with Crippen LogP contribution in [0.4, 0.5) is 0 Å². The predicted octanol–water partition coefficient (Wildman–Crippen LogP) is 3.75. The van der Waals surface area contributed by atoms with E-state index in [-0.39, 0.29) is 5.75 Å². The minimum atomic E-state index is -0.827. The number of aliphatic carboxylic acids is 1. The van der Waals surface area contributed by atoms with E-state index in [1.807, 2.05) is 30.3 Å². The number of hydrogen-bond acceptors (Lipinski definition) is 2. The molecule has 0 saturated carbocycles. The molecule has 0 saturated heterocycles. The lowest BCUT2D eigenvalue weighted by Crippen LogP contribution is -2.07. The molecule has 1 atom stereocenters. The fraction of sp³-hybridized carbons (Fsp3) is 0.235. The van der Waals surface area contributed by atoms with Crippen LogP contribution in [-0.2, 0) is 17.6 Å². The van der Waals surface area contributed by atoms with E-state index < -0.39 is 11.9 Å². The van der Waals surface area contributed by atoms with E-state index in [9.17, 15) is 15.0 Å². The van der Waals surface area contributed by atoms with Crippen molar-refractivity contribution in [3.8, 4) is 5.75 Å². The van der Waals surface area contributed by atoms with E-state index in [1.54, 1.807) is 6.07 Å². The van der Waals surface area contributed by atoms with Crippen LogP contribution in [0.15, 0.2) is 36.4 Å². The van der Waals surface area contributed by atoms with Crippen LogP contribution in [0.5, 0.6) is 5.75 Å². The molecule has 0 aromatic heterocycles. The van der Waals surface area contributed by atoms with Gasteiger partial charge in [-0.3, -0.25) is 4.79 Å². The summed E-state index contributed by atoms with van der Waals surface area (Å²) in [5.41, 5.74) is 3.49. The Bertz CT molecular complexity index is 709. The quantitative estimate of drug-likeness (QED) is 0.908. The van der Waals surface area contributed by atoms with Gasteiger partial charge in [-0.1, -0.05) is 35.9 Å².